The summed E-state index contributed by atoms with van der Waals surface area (Å²) in [6, 6.07) is 15.4. The van der Waals surface area contributed by atoms with Gasteiger partial charge < -0.3 is 20.5 Å². The van der Waals surface area contributed by atoms with Gasteiger partial charge in [-0.15, -0.1) is 11.3 Å². The predicted molar refractivity (Wildman–Crippen MR) is 126 cm³/mol. The summed E-state index contributed by atoms with van der Waals surface area (Å²) >= 11 is 1.30. The first-order valence-corrected chi connectivity index (χ1v) is 11.1. The van der Waals surface area contributed by atoms with E-state index < -0.39 is 0 Å². The number of nitrogen functional groups attached to an aromatic ring is 1. The molecule has 7 heteroatoms. The number of anilines is 1. The summed E-state index contributed by atoms with van der Waals surface area (Å²) in [5.41, 5.74) is 8.56. The molecule has 0 radical (unpaired) electrons. The Bertz CT molecular complexity index is 1220. The number of rotatable bonds is 8. The molecule has 0 saturated heterocycles. The first-order valence-electron chi connectivity index (χ1n) is 10.3. The van der Waals surface area contributed by atoms with Gasteiger partial charge >= 0.3 is 0 Å². The van der Waals surface area contributed by atoms with Gasteiger partial charge in [0.25, 0.3) is 5.91 Å². The number of nitrogens with zero attached hydrogens (tertiary/aromatic N) is 1. The molecule has 0 aliphatic heterocycles. The van der Waals surface area contributed by atoms with E-state index in [-0.39, 0.29) is 5.91 Å². The molecule has 1 amide bonds. The van der Waals surface area contributed by atoms with Gasteiger partial charge in [0.05, 0.1) is 24.9 Å². The average molecular weight is 436 g/mol. The van der Waals surface area contributed by atoms with Crippen LogP contribution in [0.2, 0.25) is 0 Å². The zero-order chi connectivity index (χ0) is 21.8. The minimum absolute atomic E-state index is 0.203. The van der Waals surface area contributed by atoms with Crippen molar-refractivity contribution in [2.24, 2.45) is 0 Å². The fourth-order valence-electron chi connectivity index (χ4n) is 3.27. The number of methoxy groups -OCH3 is 1. The van der Waals surface area contributed by atoms with E-state index in [0.29, 0.717) is 23.7 Å². The molecular formula is C24H25N3O3S. The van der Waals surface area contributed by atoms with Gasteiger partial charge in [0, 0.05) is 23.4 Å². The maximum atomic E-state index is 12.8. The van der Waals surface area contributed by atoms with Gasteiger partial charge in [-0.05, 0) is 42.3 Å². The fourth-order valence-corrected chi connectivity index (χ4v) is 4.27. The van der Waals surface area contributed by atoms with E-state index >= 15 is 0 Å². The molecule has 3 N–H and O–H groups in total. The number of hydrogen-bond donors (Lipinski definition) is 2. The van der Waals surface area contributed by atoms with E-state index in [4.69, 9.17) is 15.2 Å². The molecule has 0 unspecified atom stereocenters. The summed E-state index contributed by atoms with van der Waals surface area (Å²) in [4.78, 5) is 18.7. The van der Waals surface area contributed by atoms with Crippen LogP contribution in [-0.2, 0) is 6.54 Å². The number of benzene rings is 2. The second-order valence-electron chi connectivity index (χ2n) is 7.27. The molecule has 2 aromatic heterocycles. The Labute approximate surface area is 185 Å². The molecule has 0 bridgehead atoms. The van der Waals surface area contributed by atoms with Crippen molar-refractivity contribution in [1.29, 1.82) is 0 Å². The van der Waals surface area contributed by atoms with Crippen molar-refractivity contribution < 1.29 is 14.3 Å². The second kappa shape index (κ2) is 9.22. The minimum Gasteiger partial charge on any atom is -0.497 e. The number of ether oxygens (including phenoxy) is 2. The van der Waals surface area contributed by atoms with Crippen molar-refractivity contribution in [2.45, 2.75) is 26.3 Å². The Morgan fingerprint density at radius 3 is 2.65 bits per heavy atom. The van der Waals surface area contributed by atoms with E-state index in [1.165, 1.54) is 11.3 Å². The normalized spacial score (nSPS) is 11.0. The average Bonchev–Trinajstić information content (AvgIpc) is 3.12. The number of amides is 1. The predicted octanol–water partition coefficient (Wildman–Crippen LogP) is 5.15. The summed E-state index contributed by atoms with van der Waals surface area (Å²) in [5.74, 6) is 1.38. The SMILES string of the molecule is CCCCOc1ccc(CNC(=O)c2sc3nc4cc(OC)ccc4cc3c2N)cc1. The topological polar surface area (TPSA) is 86.5 Å². The quantitative estimate of drug-likeness (QED) is 0.374. The lowest BCUT2D eigenvalue weighted by atomic mass is 10.1. The number of unbranched alkanes of at least 4 members (excludes halogenated alkanes) is 1. The van der Waals surface area contributed by atoms with Crippen molar-refractivity contribution in [3.05, 3.63) is 59.0 Å². The van der Waals surface area contributed by atoms with Crippen molar-refractivity contribution in [3.8, 4) is 11.5 Å². The van der Waals surface area contributed by atoms with Gasteiger partial charge in [0.2, 0.25) is 0 Å². The summed E-state index contributed by atoms with van der Waals surface area (Å²) in [6.07, 6.45) is 2.14. The van der Waals surface area contributed by atoms with Crippen LogP contribution < -0.4 is 20.5 Å². The van der Waals surface area contributed by atoms with Crippen molar-refractivity contribution in [2.75, 3.05) is 19.5 Å². The standard InChI is InChI=1S/C24H25N3O3S/c1-3-4-11-30-17-8-5-15(6-9-17)14-26-23(28)22-21(25)19-12-16-7-10-18(29-2)13-20(16)27-24(19)31-22/h5-10,12-13H,3-4,11,14,25H2,1-2H3,(H,26,28). The smallest absolute Gasteiger partial charge is 0.263 e. The zero-order valence-corrected chi connectivity index (χ0v) is 18.4. The van der Waals surface area contributed by atoms with Crippen LogP contribution in [-0.4, -0.2) is 24.6 Å². The molecule has 0 spiro atoms. The highest BCUT2D eigenvalue weighted by Gasteiger charge is 2.18. The molecular weight excluding hydrogens is 410 g/mol. The van der Waals surface area contributed by atoms with E-state index in [1.54, 1.807) is 7.11 Å². The maximum Gasteiger partial charge on any atom is 0.263 e. The van der Waals surface area contributed by atoms with Gasteiger partial charge in [0.15, 0.2) is 0 Å². The number of nitrogens with two attached hydrogens (primary N) is 1. The van der Waals surface area contributed by atoms with E-state index in [1.807, 2.05) is 48.5 Å². The Morgan fingerprint density at radius 2 is 1.90 bits per heavy atom. The third kappa shape index (κ3) is 4.56. The van der Waals surface area contributed by atoms with Crippen LogP contribution in [0.15, 0.2) is 48.5 Å². The molecule has 6 nitrogen and oxygen atoms in total. The van der Waals surface area contributed by atoms with Gasteiger partial charge in [0.1, 0.15) is 21.2 Å². The number of carbonyl (C=O) groups excluding carboxylic acids is 1. The molecule has 0 aliphatic carbocycles. The lowest BCUT2D eigenvalue weighted by Gasteiger charge is -2.07. The van der Waals surface area contributed by atoms with Gasteiger partial charge in [-0.25, -0.2) is 4.98 Å². The molecule has 160 valence electrons. The lowest BCUT2D eigenvalue weighted by Crippen LogP contribution is -2.22. The van der Waals surface area contributed by atoms with Crippen LogP contribution >= 0.6 is 11.3 Å². The molecule has 0 aliphatic rings. The first kappa shape index (κ1) is 20.9. The molecule has 0 saturated carbocycles. The lowest BCUT2D eigenvalue weighted by molar-refractivity contribution is 0.0956. The molecule has 2 heterocycles. The third-order valence-electron chi connectivity index (χ3n) is 5.07. The highest BCUT2D eigenvalue weighted by atomic mass is 32.1. The largest absolute Gasteiger partial charge is 0.497 e. The van der Waals surface area contributed by atoms with Crippen LogP contribution in [0.4, 0.5) is 5.69 Å². The fraction of sp³-hybridized carbons (Fsp3) is 0.250. The number of pyridine rings is 1. The number of aromatic nitrogens is 1. The third-order valence-corrected chi connectivity index (χ3v) is 6.19. The van der Waals surface area contributed by atoms with Crippen LogP contribution in [0, 0.1) is 0 Å². The Kier molecular flexibility index (Phi) is 6.23. The summed E-state index contributed by atoms with van der Waals surface area (Å²) in [6.45, 7) is 3.26. The Balaban J connectivity index is 1.48. The van der Waals surface area contributed by atoms with Crippen molar-refractivity contribution in [1.82, 2.24) is 10.3 Å². The molecule has 0 fully saturated rings. The zero-order valence-electron chi connectivity index (χ0n) is 17.6. The van der Waals surface area contributed by atoms with Crippen LogP contribution in [0.3, 0.4) is 0 Å². The van der Waals surface area contributed by atoms with Gasteiger partial charge in [-0.3, -0.25) is 4.79 Å². The van der Waals surface area contributed by atoms with Crippen LogP contribution in [0.25, 0.3) is 21.1 Å². The summed E-state index contributed by atoms with van der Waals surface area (Å²) in [5, 5.41) is 4.69. The van der Waals surface area contributed by atoms with E-state index in [0.717, 1.165) is 51.0 Å². The Morgan fingerprint density at radius 1 is 1.13 bits per heavy atom. The second-order valence-corrected chi connectivity index (χ2v) is 8.27. The molecule has 31 heavy (non-hydrogen) atoms. The number of fused-ring (bicyclic) bond motifs is 2. The van der Waals surface area contributed by atoms with Gasteiger partial charge in [-0.2, -0.15) is 0 Å². The van der Waals surface area contributed by atoms with Gasteiger partial charge in [-0.1, -0.05) is 25.5 Å². The minimum atomic E-state index is -0.203. The number of carbonyl (C=O) groups is 1. The van der Waals surface area contributed by atoms with Crippen molar-refractivity contribution >= 4 is 44.1 Å². The van der Waals surface area contributed by atoms with Crippen molar-refractivity contribution in [3.63, 3.8) is 0 Å². The molecule has 2 aromatic carbocycles. The highest BCUT2D eigenvalue weighted by molar-refractivity contribution is 7.21. The van der Waals surface area contributed by atoms with E-state index in [9.17, 15) is 4.79 Å². The first-order chi connectivity index (χ1) is 15.1. The summed E-state index contributed by atoms with van der Waals surface area (Å²) < 4.78 is 10.9. The Hall–Kier alpha value is -3.32. The van der Waals surface area contributed by atoms with Crippen LogP contribution in [0.5, 0.6) is 11.5 Å². The highest BCUT2D eigenvalue weighted by Crippen LogP contribution is 2.35. The summed E-state index contributed by atoms with van der Waals surface area (Å²) in [7, 11) is 1.62. The molecule has 4 aromatic rings. The molecule has 4 rings (SSSR count). The monoisotopic (exact) mass is 435 g/mol. The number of hydrogen-bond acceptors (Lipinski definition) is 6. The number of thiophene rings is 1. The number of nitrogens with one attached hydrogen (secondary N) is 1. The molecule has 0 atom stereocenters. The van der Waals surface area contributed by atoms with E-state index in [2.05, 4.69) is 17.2 Å². The van der Waals surface area contributed by atoms with Crippen LogP contribution in [0.1, 0.15) is 35.0 Å². The maximum absolute atomic E-state index is 12.8.